The molecule has 0 bridgehead atoms. The summed E-state index contributed by atoms with van der Waals surface area (Å²) in [5.74, 6) is 0.608. The van der Waals surface area contributed by atoms with Gasteiger partial charge in [-0.3, -0.25) is 0 Å². The van der Waals surface area contributed by atoms with E-state index >= 15 is 0 Å². The number of aromatic nitrogens is 1. The van der Waals surface area contributed by atoms with Gasteiger partial charge in [-0.2, -0.15) is 10.5 Å². The van der Waals surface area contributed by atoms with Gasteiger partial charge in [-0.1, -0.05) is 11.6 Å². The molecule has 0 unspecified atom stereocenters. The van der Waals surface area contributed by atoms with Gasteiger partial charge in [-0.25, -0.2) is 9.78 Å². The highest BCUT2D eigenvalue weighted by Gasteiger charge is 2.33. The van der Waals surface area contributed by atoms with E-state index in [1.165, 1.54) is 0 Å². The van der Waals surface area contributed by atoms with Crippen LogP contribution in [0.4, 0.5) is 10.6 Å². The van der Waals surface area contributed by atoms with E-state index in [9.17, 15) is 15.3 Å². The summed E-state index contributed by atoms with van der Waals surface area (Å²) in [5, 5.41) is 21.8. The fraction of sp³-hybridized carbons (Fsp3) is 0.556. The van der Waals surface area contributed by atoms with Crippen LogP contribution in [0.2, 0.25) is 5.15 Å². The number of nitriles is 2. The number of hydrogen-bond donors (Lipinski definition) is 1. The van der Waals surface area contributed by atoms with Crippen molar-refractivity contribution in [2.45, 2.75) is 45.1 Å². The molecular formula is C18H22ClN5O2. The summed E-state index contributed by atoms with van der Waals surface area (Å²) < 4.78 is 5.18. The van der Waals surface area contributed by atoms with Crippen molar-refractivity contribution in [2.24, 2.45) is 0 Å². The molecule has 0 aliphatic heterocycles. The number of carbonyl (C=O) groups is 1. The summed E-state index contributed by atoms with van der Waals surface area (Å²) in [6.07, 6.45) is 1.37. The second kappa shape index (κ2) is 7.80. The Morgan fingerprint density at radius 3 is 2.46 bits per heavy atom. The number of ether oxygens (including phenoxy) is 1. The molecule has 1 N–H and O–H groups in total. The highest BCUT2D eigenvalue weighted by Crippen LogP contribution is 2.46. The van der Waals surface area contributed by atoms with E-state index in [4.69, 9.17) is 16.3 Å². The Balaban J connectivity index is 2.14. The second-order valence-electron chi connectivity index (χ2n) is 7.24. The maximum Gasteiger partial charge on any atom is 0.407 e. The molecule has 0 aromatic carbocycles. The molecule has 1 aromatic heterocycles. The van der Waals surface area contributed by atoms with Crippen LogP contribution in [-0.2, 0) is 4.74 Å². The third kappa shape index (κ3) is 4.77. The molecule has 1 heterocycles. The Kier molecular flexibility index (Phi) is 5.94. The van der Waals surface area contributed by atoms with Crippen LogP contribution in [0.25, 0.3) is 0 Å². The highest BCUT2D eigenvalue weighted by atomic mass is 35.5. The Morgan fingerprint density at radius 1 is 1.35 bits per heavy atom. The number of pyridine rings is 1. The molecule has 8 heteroatoms. The molecule has 7 nitrogen and oxygen atoms in total. The molecule has 0 spiro atoms. The zero-order valence-electron chi connectivity index (χ0n) is 15.4. The van der Waals surface area contributed by atoms with Crippen LogP contribution < -0.4 is 10.2 Å². The fourth-order valence-electron chi connectivity index (χ4n) is 2.58. The molecule has 26 heavy (non-hydrogen) atoms. The average Bonchev–Trinajstić information content (AvgIpc) is 3.36. The minimum atomic E-state index is -0.564. The van der Waals surface area contributed by atoms with Crippen molar-refractivity contribution >= 4 is 23.5 Å². The molecule has 1 aliphatic rings. The number of alkyl carbamates (subject to hydrolysis) is 1. The quantitative estimate of drug-likeness (QED) is 0.792. The summed E-state index contributed by atoms with van der Waals surface area (Å²) in [7, 11) is 1.76. The first-order chi connectivity index (χ1) is 12.2. The second-order valence-corrected chi connectivity index (χ2v) is 7.60. The van der Waals surface area contributed by atoms with E-state index in [0.717, 1.165) is 12.8 Å². The van der Waals surface area contributed by atoms with Crippen molar-refractivity contribution in [2.75, 3.05) is 25.0 Å². The van der Waals surface area contributed by atoms with Crippen molar-refractivity contribution in [3.63, 3.8) is 0 Å². The summed E-state index contributed by atoms with van der Waals surface area (Å²) >= 11 is 6.18. The van der Waals surface area contributed by atoms with Crippen LogP contribution in [-0.4, -0.2) is 36.8 Å². The van der Waals surface area contributed by atoms with Gasteiger partial charge < -0.3 is 15.0 Å². The summed E-state index contributed by atoms with van der Waals surface area (Å²) in [6.45, 7) is 6.10. The van der Waals surface area contributed by atoms with Crippen molar-refractivity contribution in [1.82, 2.24) is 10.3 Å². The minimum Gasteiger partial charge on any atom is -0.444 e. The third-order valence-corrected chi connectivity index (χ3v) is 4.13. The third-order valence-electron chi connectivity index (χ3n) is 3.86. The van der Waals surface area contributed by atoms with E-state index in [0.29, 0.717) is 30.0 Å². The lowest BCUT2D eigenvalue weighted by Gasteiger charge is -2.23. The Hall–Kier alpha value is -2.51. The molecule has 138 valence electrons. The zero-order valence-corrected chi connectivity index (χ0v) is 16.1. The number of hydrogen-bond acceptors (Lipinski definition) is 6. The Labute approximate surface area is 158 Å². The van der Waals surface area contributed by atoms with E-state index in [1.807, 2.05) is 0 Å². The Bertz CT molecular complexity index is 785. The number of nitrogens with one attached hydrogen (secondary N) is 1. The maximum atomic E-state index is 11.7. The summed E-state index contributed by atoms with van der Waals surface area (Å²) in [5.41, 5.74) is 0.797. The normalized spacial score (nSPS) is 13.5. The molecule has 1 fully saturated rings. The molecule has 0 atom stereocenters. The zero-order chi connectivity index (χ0) is 19.5. The van der Waals surface area contributed by atoms with Gasteiger partial charge in [0.25, 0.3) is 0 Å². The number of halogens is 1. The first kappa shape index (κ1) is 19.8. The lowest BCUT2D eigenvalue weighted by atomic mass is 10.00. The predicted octanol–water partition coefficient (Wildman–Crippen LogP) is 3.32. The van der Waals surface area contributed by atoms with Gasteiger partial charge in [0, 0.05) is 20.1 Å². The van der Waals surface area contributed by atoms with Crippen LogP contribution >= 0.6 is 11.6 Å². The van der Waals surface area contributed by atoms with Gasteiger partial charge in [0.05, 0.1) is 11.1 Å². The van der Waals surface area contributed by atoms with Crippen LogP contribution in [0.15, 0.2) is 0 Å². The number of amides is 1. The average molecular weight is 376 g/mol. The number of anilines is 1. The van der Waals surface area contributed by atoms with Crippen LogP contribution in [0, 0.1) is 22.7 Å². The molecule has 1 saturated carbocycles. The molecule has 2 rings (SSSR count). The molecule has 1 amide bonds. The minimum absolute atomic E-state index is 0.107. The highest BCUT2D eigenvalue weighted by molar-refractivity contribution is 6.30. The first-order valence-corrected chi connectivity index (χ1v) is 8.77. The van der Waals surface area contributed by atoms with Crippen LogP contribution in [0.5, 0.6) is 0 Å². The Morgan fingerprint density at radius 2 is 1.96 bits per heavy atom. The molecule has 1 aromatic rings. The number of carbonyl (C=O) groups excluding carboxylic acids is 1. The van der Waals surface area contributed by atoms with Gasteiger partial charge in [0.15, 0.2) is 0 Å². The lowest BCUT2D eigenvalue weighted by molar-refractivity contribution is 0.0529. The van der Waals surface area contributed by atoms with Crippen molar-refractivity contribution in [3.05, 3.63) is 21.8 Å². The van der Waals surface area contributed by atoms with E-state index in [2.05, 4.69) is 22.4 Å². The van der Waals surface area contributed by atoms with Crippen molar-refractivity contribution < 1.29 is 9.53 Å². The topological polar surface area (TPSA) is 102 Å². The molecule has 0 saturated heterocycles. The predicted molar refractivity (Wildman–Crippen MR) is 98.2 cm³/mol. The number of nitrogens with zero attached hydrogens (tertiary/aromatic N) is 4. The van der Waals surface area contributed by atoms with Crippen molar-refractivity contribution in [1.29, 1.82) is 10.5 Å². The van der Waals surface area contributed by atoms with Gasteiger partial charge >= 0.3 is 6.09 Å². The number of rotatable bonds is 5. The van der Waals surface area contributed by atoms with E-state index in [-0.39, 0.29) is 16.6 Å². The van der Waals surface area contributed by atoms with Gasteiger partial charge in [-0.15, -0.1) is 0 Å². The lowest BCUT2D eigenvalue weighted by Crippen LogP contribution is -2.37. The smallest absolute Gasteiger partial charge is 0.407 e. The fourth-order valence-corrected chi connectivity index (χ4v) is 2.80. The maximum absolute atomic E-state index is 11.7. The first-order valence-electron chi connectivity index (χ1n) is 8.39. The standard InChI is InChI=1S/C18H22ClN5O2/c1-18(2,3)26-17(25)22-7-8-24(4)16-13(10-21)14(11-5-6-11)12(9-20)15(19)23-16/h11H,5-8H2,1-4H3,(H,22,25). The SMILES string of the molecule is CN(CCNC(=O)OC(C)(C)C)c1nc(Cl)c(C#N)c(C2CC2)c1C#N. The van der Waals surface area contributed by atoms with E-state index in [1.54, 1.807) is 32.7 Å². The molecule has 0 radical (unpaired) electrons. The summed E-state index contributed by atoms with van der Waals surface area (Å²) in [6, 6.07) is 4.24. The van der Waals surface area contributed by atoms with E-state index < -0.39 is 11.7 Å². The molecular weight excluding hydrogens is 354 g/mol. The van der Waals surface area contributed by atoms with Crippen molar-refractivity contribution in [3.8, 4) is 12.1 Å². The van der Waals surface area contributed by atoms with Gasteiger partial charge in [0.1, 0.15) is 28.7 Å². The largest absolute Gasteiger partial charge is 0.444 e. The van der Waals surface area contributed by atoms with Gasteiger partial charge in [-0.05, 0) is 45.1 Å². The monoisotopic (exact) mass is 375 g/mol. The van der Waals surface area contributed by atoms with Crippen LogP contribution in [0.3, 0.4) is 0 Å². The van der Waals surface area contributed by atoms with Crippen LogP contribution in [0.1, 0.15) is 56.2 Å². The number of likely N-dealkylation sites (N-methyl/N-ethyl adjacent to an activating group) is 1. The summed E-state index contributed by atoms with van der Waals surface area (Å²) in [4.78, 5) is 17.7. The van der Waals surface area contributed by atoms with Gasteiger partial charge in [0.2, 0.25) is 0 Å². The molecule has 1 aliphatic carbocycles.